The van der Waals surface area contributed by atoms with Crippen LogP contribution in [-0.2, 0) is 10.3 Å². The lowest BCUT2D eigenvalue weighted by Crippen LogP contribution is -2.51. The Labute approximate surface area is 160 Å². The molecule has 4 heterocycles. The molecule has 5 rings (SSSR count). The van der Waals surface area contributed by atoms with Gasteiger partial charge in [0.05, 0.1) is 35.3 Å². The summed E-state index contributed by atoms with van der Waals surface area (Å²) in [6.45, 7) is 3.60. The highest BCUT2D eigenvalue weighted by atomic mass is 32.1. The highest BCUT2D eigenvalue weighted by Gasteiger charge is 2.39. The second kappa shape index (κ2) is 6.44. The molecule has 1 aliphatic heterocycles. The average Bonchev–Trinajstić information content (AvgIpc) is 3.31. The number of hydrogen-bond donors (Lipinski definition) is 1. The smallest absolute Gasteiger partial charge is 0.228 e. The van der Waals surface area contributed by atoms with Crippen LogP contribution < -0.4 is 5.32 Å². The molecule has 0 amide bonds. The van der Waals surface area contributed by atoms with Gasteiger partial charge in [0.2, 0.25) is 5.95 Å². The minimum absolute atomic E-state index is 0.0229. The largest absolute Gasteiger partial charge is 0.376 e. The van der Waals surface area contributed by atoms with Crippen molar-refractivity contribution in [3.8, 4) is 11.3 Å². The maximum absolute atomic E-state index is 5.45. The average molecular weight is 377 g/mol. The van der Waals surface area contributed by atoms with Crippen LogP contribution in [0.2, 0.25) is 0 Å². The number of para-hydroxylation sites is 1. The molecule has 6 nitrogen and oxygen atoms in total. The fraction of sp³-hybridized carbons (Fsp3) is 0.250. The van der Waals surface area contributed by atoms with Crippen LogP contribution in [0.4, 0.5) is 11.6 Å². The predicted molar refractivity (Wildman–Crippen MR) is 107 cm³/mol. The van der Waals surface area contributed by atoms with Crippen molar-refractivity contribution in [2.75, 3.05) is 18.5 Å². The molecule has 136 valence electrons. The van der Waals surface area contributed by atoms with E-state index in [0.29, 0.717) is 19.2 Å². The van der Waals surface area contributed by atoms with E-state index in [4.69, 9.17) is 9.72 Å². The van der Waals surface area contributed by atoms with Crippen LogP contribution >= 0.6 is 11.3 Å². The lowest BCUT2D eigenvalue weighted by molar-refractivity contribution is -0.109. The number of thiophene rings is 1. The summed E-state index contributed by atoms with van der Waals surface area (Å²) in [5.74, 6) is 0.590. The number of nitrogens with zero attached hydrogens (tertiary/aromatic N) is 4. The Hall–Kier alpha value is -2.77. The molecule has 7 heteroatoms. The van der Waals surface area contributed by atoms with E-state index in [2.05, 4.69) is 28.5 Å². The molecule has 0 saturated carbocycles. The lowest BCUT2D eigenvalue weighted by atomic mass is 9.94. The van der Waals surface area contributed by atoms with Crippen LogP contribution in [0.25, 0.3) is 21.5 Å². The summed E-state index contributed by atoms with van der Waals surface area (Å²) >= 11 is 1.65. The van der Waals surface area contributed by atoms with E-state index in [1.54, 1.807) is 11.3 Å². The van der Waals surface area contributed by atoms with Gasteiger partial charge in [-0.05, 0) is 30.0 Å². The molecule has 27 heavy (non-hydrogen) atoms. The number of fused-ring (bicyclic) bond motifs is 1. The van der Waals surface area contributed by atoms with Gasteiger partial charge in [0.15, 0.2) is 0 Å². The number of ether oxygens (including phenoxy) is 1. The molecule has 0 spiro atoms. The van der Waals surface area contributed by atoms with Gasteiger partial charge in [0, 0.05) is 17.4 Å². The Morgan fingerprint density at radius 3 is 2.78 bits per heavy atom. The highest BCUT2D eigenvalue weighted by Crippen LogP contribution is 2.34. The zero-order chi connectivity index (χ0) is 18.3. The van der Waals surface area contributed by atoms with Gasteiger partial charge in [-0.1, -0.05) is 25.1 Å². The van der Waals surface area contributed by atoms with E-state index >= 15 is 0 Å². The first-order chi connectivity index (χ1) is 13.3. The standard InChI is InChI=1S/C20H19N5OS/c1-2-20(12-26-13-20)25-11-14(10-21-25)17-18-16(8-9-27-18)23-19(24-17)22-15-6-4-3-5-7-15/h3-11H,2,12-13H2,1H3,(H,22,23,24). The minimum atomic E-state index is -0.0229. The molecule has 4 aromatic rings. The van der Waals surface area contributed by atoms with Gasteiger partial charge in [-0.15, -0.1) is 11.3 Å². The summed E-state index contributed by atoms with van der Waals surface area (Å²) < 4.78 is 8.56. The Morgan fingerprint density at radius 2 is 2.04 bits per heavy atom. The molecule has 1 saturated heterocycles. The van der Waals surface area contributed by atoms with Gasteiger partial charge in [-0.25, -0.2) is 9.97 Å². The fourth-order valence-corrected chi connectivity index (χ4v) is 4.15. The maximum Gasteiger partial charge on any atom is 0.228 e. The van der Waals surface area contributed by atoms with Crippen LogP contribution in [-0.4, -0.2) is 33.0 Å². The molecule has 3 aromatic heterocycles. The van der Waals surface area contributed by atoms with Crippen molar-refractivity contribution in [2.45, 2.75) is 18.9 Å². The van der Waals surface area contributed by atoms with Crippen molar-refractivity contribution in [2.24, 2.45) is 0 Å². The van der Waals surface area contributed by atoms with Gasteiger partial charge in [-0.2, -0.15) is 5.10 Å². The van der Waals surface area contributed by atoms with Crippen molar-refractivity contribution >= 4 is 33.2 Å². The summed E-state index contributed by atoms with van der Waals surface area (Å²) in [7, 11) is 0. The first-order valence-corrected chi connectivity index (χ1v) is 9.86. The molecular formula is C20H19N5OS. The van der Waals surface area contributed by atoms with Crippen LogP contribution in [0.5, 0.6) is 0 Å². The van der Waals surface area contributed by atoms with E-state index in [1.165, 1.54) is 0 Å². The van der Waals surface area contributed by atoms with E-state index in [1.807, 2.05) is 52.7 Å². The molecule has 0 radical (unpaired) electrons. The molecule has 0 aliphatic carbocycles. The minimum Gasteiger partial charge on any atom is -0.376 e. The number of benzene rings is 1. The van der Waals surface area contributed by atoms with Crippen molar-refractivity contribution in [1.29, 1.82) is 0 Å². The molecule has 0 unspecified atom stereocenters. The van der Waals surface area contributed by atoms with E-state index in [0.717, 1.165) is 33.6 Å². The molecule has 0 atom stereocenters. The van der Waals surface area contributed by atoms with Crippen LogP contribution in [0.15, 0.2) is 54.2 Å². The van der Waals surface area contributed by atoms with E-state index in [-0.39, 0.29) is 5.54 Å². The third-order valence-corrected chi connectivity index (χ3v) is 5.99. The number of anilines is 2. The summed E-state index contributed by atoms with van der Waals surface area (Å²) in [5, 5.41) is 9.97. The van der Waals surface area contributed by atoms with Gasteiger partial charge in [0.25, 0.3) is 0 Å². The molecule has 1 aromatic carbocycles. The van der Waals surface area contributed by atoms with Crippen LogP contribution in [0.3, 0.4) is 0 Å². The summed E-state index contributed by atoms with van der Waals surface area (Å²) in [5.41, 5.74) is 3.79. The third kappa shape index (κ3) is 2.79. The summed E-state index contributed by atoms with van der Waals surface area (Å²) in [6, 6.07) is 12.0. The van der Waals surface area contributed by atoms with Crippen molar-refractivity contribution in [3.63, 3.8) is 0 Å². The van der Waals surface area contributed by atoms with Gasteiger partial charge >= 0.3 is 0 Å². The Kier molecular flexibility index (Phi) is 3.91. The monoisotopic (exact) mass is 377 g/mol. The van der Waals surface area contributed by atoms with Gasteiger partial charge < -0.3 is 10.1 Å². The Balaban J connectivity index is 1.56. The molecule has 1 aliphatic rings. The maximum atomic E-state index is 5.45. The topological polar surface area (TPSA) is 64.9 Å². The second-order valence-electron chi connectivity index (χ2n) is 6.77. The lowest BCUT2D eigenvalue weighted by Gasteiger charge is -2.40. The summed E-state index contributed by atoms with van der Waals surface area (Å²) in [6.07, 6.45) is 4.97. The molecule has 1 N–H and O–H groups in total. The zero-order valence-electron chi connectivity index (χ0n) is 14.9. The number of nitrogens with one attached hydrogen (secondary N) is 1. The number of hydrogen-bond acceptors (Lipinski definition) is 6. The number of rotatable bonds is 5. The first-order valence-electron chi connectivity index (χ1n) is 8.98. The van der Waals surface area contributed by atoms with E-state index < -0.39 is 0 Å². The van der Waals surface area contributed by atoms with Crippen molar-refractivity contribution in [3.05, 3.63) is 54.2 Å². The second-order valence-corrected chi connectivity index (χ2v) is 7.68. The van der Waals surface area contributed by atoms with Gasteiger partial charge in [-0.3, -0.25) is 4.68 Å². The highest BCUT2D eigenvalue weighted by molar-refractivity contribution is 7.17. The Morgan fingerprint density at radius 1 is 1.19 bits per heavy atom. The Bertz CT molecular complexity index is 1080. The fourth-order valence-electron chi connectivity index (χ4n) is 3.31. The van der Waals surface area contributed by atoms with Crippen molar-refractivity contribution < 1.29 is 4.74 Å². The quantitative estimate of drug-likeness (QED) is 0.557. The van der Waals surface area contributed by atoms with Crippen molar-refractivity contribution in [1.82, 2.24) is 19.7 Å². The SMILES string of the molecule is CCC1(n2cc(-c3nc(Nc4ccccc4)nc4ccsc34)cn2)COC1. The summed E-state index contributed by atoms with van der Waals surface area (Å²) in [4.78, 5) is 9.46. The normalized spacial score (nSPS) is 15.6. The third-order valence-electron chi connectivity index (χ3n) is 5.08. The zero-order valence-corrected chi connectivity index (χ0v) is 15.7. The molecular weight excluding hydrogens is 358 g/mol. The van der Waals surface area contributed by atoms with E-state index in [9.17, 15) is 0 Å². The van der Waals surface area contributed by atoms with Crippen LogP contribution in [0.1, 0.15) is 13.3 Å². The predicted octanol–water partition coefficient (Wildman–Crippen LogP) is 4.43. The molecule has 1 fully saturated rings. The molecule has 0 bridgehead atoms. The first kappa shape index (κ1) is 16.4. The van der Waals surface area contributed by atoms with Crippen LogP contribution in [0, 0.1) is 0 Å². The van der Waals surface area contributed by atoms with Gasteiger partial charge in [0.1, 0.15) is 5.54 Å². The number of aromatic nitrogens is 4.